The molecule has 0 saturated heterocycles. The molecule has 1 aromatic rings. The molecule has 118 valence electrons. The van der Waals surface area contributed by atoms with E-state index in [0.29, 0.717) is 12.5 Å². The molecule has 0 radical (unpaired) electrons. The highest BCUT2D eigenvalue weighted by atomic mass is 79.9. The van der Waals surface area contributed by atoms with Crippen LogP contribution in [-0.2, 0) is 4.74 Å². The molecule has 1 amide bonds. The van der Waals surface area contributed by atoms with Crippen molar-refractivity contribution >= 4 is 28.0 Å². The molecule has 1 rings (SSSR count). The summed E-state index contributed by atoms with van der Waals surface area (Å²) in [6.45, 7) is 10.1. The topological polar surface area (TPSA) is 76.1 Å². The zero-order valence-corrected chi connectivity index (χ0v) is 14.7. The van der Waals surface area contributed by atoms with Crippen LogP contribution in [0.3, 0.4) is 0 Å². The maximum absolute atomic E-state index is 11.8. The van der Waals surface area contributed by atoms with E-state index in [2.05, 4.69) is 36.5 Å². The van der Waals surface area contributed by atoms with Gasteiger partial charge in [0.15, 0.2) is 0 Å². The van der Waals surface area contributed by atoms with Crippen molar-refractivity contribution < 1.29 is 9.53 Å². The molecule has 0 aliphatic carbocycles. The van der Waals surface area contributed by atoms with Crippen molar-refractivity contribution in [1.82, 2.24) is 15.3 Å². The molecule has 1 heterocycles. The van der Waals surface area contributed by atoms with E-state index < -0.39 is 11.7 Å². The number of rotatable bonds is 5. The van der Waals surface area contributed by atoms with E-state index in [9.17, 15) is 4.79 Å². The maximum atomic E-state index is 11.8. The molecule has 7 heteroatoms. The van der Waals surface area contributed by atoms with Crippen molar-refractivity contribution in [3.8, 4) is 0 Å². The molecular weight excluding hydrogens is 336 g/mol. The van der Waals surface area contributed by atoms with Crippen LogP contribution in [-0.4, -0.2) is 34.2 Å². The van der Waals surface area contributed by atoms with E-state index in [4.69, 9.17) is 4.74 Å². The summed E-state index contributed by atoms with van der Waals surface area (Å²) in [7, 11) is 0. The Kier molecular flexibility index (Phi) is 6.39. The highest BCUT2D eigenvalue weighted by Gasteiger charge is 2.21. The van der Waals surface area contributed by atoms with Crippen LogP contribution in [0.5, 0.6) is 0 Å². The Labute approximate surface area is 134 Å². The van der Waals surface area contributed by atoms with Crippen molar-refractivity contribution in [3.63, 3.8) is 0 Å². The zero-order chi connectivity index (χ0) is 16.0. The number of aromatic nitrogens is 2. The Morgan fingerprint density at radius 1 is 1.33 bits per heavy atom. The molecular formula is C14H23BrN4O2. The second-order valence-electron chi connectivity index (χ2n) is 6.10. The van der Waals surface area contributed by atoms with Crippen LogP contribution in [0.25, 0.3) is 0 Å². The van der Waals surface area contributed by atoms with Crippen LogP contribution in [0.1, 0.15) is 34.6 Å². The molecule has 0 bridgehead atoms. The van der Waals surface area contributed by atoms with Crippen molar-refractivity contribution in [2.75, 3.05) is 11.9 Å². The largest absolute Gasteiger partial charge is 0.444 e. The van der Waals surface area contributed by atoms with Crippen LogP contribution in [0, 0.1) is 5.92 Å². The number of ether oxygens (including phenoxy) is 1. The van der Waals surface area contributed by atoms with Gasteiger partial charge in [-0.3, -0.25) is 0 Å². The van der Waals surface area contributed by atoms with Crippen LogP contribution < -0.4 is 10.6 Å². The smallest absolute Gasteiger partial charge is 0.407 e. The normalized spacial score (nSPS) is 12.9. The number of halogens is 1. The fourth-order valence-electron chi connectivity index (χ4n) is 1.52. The number of carbonyl (C=O) groups is 1. The first-order valence-corrected chi connectivity index (χ1v) is 7.67. The van der Waals surface area contributed by atoms with Crippen LogP contribution in [0.15, 0.2) is 16.9 Å². The average Bonchev–Trinajstić information content (AvgIpc) is 2.33. The average molecular weight is 359 g/mol. The first-order chi connectivity index (χ1) is 9.67. The Balaban J connectivity index is 2.54. The lowest BCUT2D eigenvalue weighted by Crippen LogP contribution is -2.45. The Bertz CT molecular complexity index is 457. The van der Waals surface area contributed by atoms with Gasteiger partial charge in [-0.2, -0.15) is 0 Å². The molecule has 1 aromatic heterocycles. The lowest BCUT2D eigenvalue weighted by molar-refractivity contribution is 0.0494. The quantitative estimate of drug-likeness (QED) is 0.844. The number of nitrogens with one attached hydrogen (secondary N) is 2. The first kappa shape index (κ1) is 17.7. The molecule has 0 saturated carbocycles. The third-order valence-corrected chi connectivity index (χ3v) is 3.02. The first-order valence-electron chi connectivity index (χ1n) is 6.88. The summed E-state index contributed by atoms with van der Waals surface area (Å²) >= 11 is 3.28. The van der Waals surface area contributed by atoms with Crippen LogP contribution in [0.2, 0.25) is 0 Å². The molecule has 1 atom stereocenters. The van der Waals surface area contributed by atoms with Crippen LogP contribution >= 0.6 is 15.9 Å². The minimum absolute atomic E-state index is 0.0768. The van der Waals surface area contributed by atoms with Gasteiger partial charge in [-0.05, 0) is 42.6 Å². The van der Waals surface area contributed by atoms with Gasteiger partial charge in [0.05, 0.1) is 10.5 Å². The number of nitrogens with zero attached hydrogens (tertiary/aromatic N) is 2. The van der Waals surface area contributed by atoms with Gasteiger partial charge in [0.2, 0.25) is 5.95 Å². The van der Waals surface area contributed by atoms with E-state index in [0.717, 1.165) is 4.47 Å². The second-order valence-corrected chi connectivity index (χ2v) is 7.02. The maximum Gasteiger partial charge on any atom is 0.407 e. The Morgan fingerprint density at radius 2 is 1.90 bits per heavy atom. The van der Waals surface area contributed by atoms with E-state index in [-0.39, 0.29) is 12.0 Å². The third kappa shape index (κ3) is 7.27. The molecule has 0 aliphatic heterocycles. The predicted octanol–water partition coefficient (Wildman–Crippen LogP) is 3.20. The number of carbonyl (C=O) groups excluding carboxylic acids is 1. The van der Waals surface area contributed by atoms with Gasteiger partial charge in [0, 0.05) is 18.9 Å². The van der Waals surface area contributed by atoms with Gasteiger partial charge in [0.25, 0.3) is 0 Å². The predicted molar refractivity (Wildman–Crippen MR) is 86.2 cm³/mol. The Hall–Kier alpha value is -1.37. The summed E-state index contributed by atoms with van der Waals surface area (Å²) in [5.74, 6) is 0.773. The summed E-state index contributed by atoms with van der Waals surface area (Å²) in [5, 5.41) is 5.97. The van der Waals surface area contributed by atoms with E-state index in [1.807, 2.05) is 34.6 Å². The minimum atomic E-state index is -0.506. The summed E-state index contributed by atoms with van der Waals surface area (Å²) in [6, 6.07) is -0.0768. The summed E-state index contributed by atoms with van der Waals surface area (Å²) in [6.07, 6.45) is 2.92. The monoisotopic (exact) mass is 358 g/mol. The fraction of sp³-hybridized carbons (Fsp3) is 0.643. The number of hydrogen-bond donors (Lipinski definition) is 2. The van der Waals surface area contributed by atoms with Gasteiger partial charge in [0.1, 0.15) is 5.60 Å². The molecule has 0 fully saturated rings. The van der Waals surface area contributed by atoms with Gasteiger partial charge in [-0.1, -0.05) is 13.8 Å². The standard InChI is InChI=1S/C14H23BrN4O2/c1-9(2)11(19-13(20)21-14(3,4)5)8-18-12-16-6-10(15)7-17-12/h6-7,9,11H,8H2,1-5H3,(H,19,20)(H,16,17,18). The van der Waals surface area contributed by atoms with Gasteiger partial charge < -0.3 is 15.4 Å². The minimum Gasteiger partial charge on any atom is -0.444 e. The highest BCUT2D eigenvalue weighted by molar-refractivity contribution is 9.10. The molecule has 0 aliphatic rings. The fourth-order valence-corrected chi connectivity index (χ4v) is 1.72. The molecule has 0 aromatic carbocycles. The number of amides is 1. The van der Waals surface area contributed by atoms with Crippen molar-refractivity contribution in [2.45, 2.75) is 46.3 Å². The lowest BCUT2D eigenvalue weighted by atomic mass is 10.0. The summed E-state index contributed by atoms with van der Waals surface area (Å²) < 4.78 is 6.09. The van der Waals surface area contributed by atoms with Crippen molar-refractivity contribution in [3.05, 3.63) is 16.9 Å². The highest BCUT2D eigenvalue weighted by Crippen LogP contribution is 2.10. The number of anilines is 1. The molecule has 1 unspecified atom stereocenters. The van der Waals surface area contributed by atoms with E-state index in [1.165, 1.54) is 0 Å². The van der Waals surface area contributed by atoms with Crippen molar-refractivity contribution in [1.29, 1.82) is 0 Å². The summed E-state index contributed by atoms with van der Waals surface area (Å²) in [4.78, 5) is 20.1. The third-order valence-electron chi connectivity index (χ3n) is 2.61. The van der Waals surface area contributed by atoms with Gasteiger partial charge in [-0.25, -0.2) is 14.8 Å². The zero-order valence-electron chi connectivity index (χ0n) is 13.1. The number of hydrogen-bond acceptors (Lipinski definition) is 5. The number of alkyl carbamates (subject to hydrolysis) is 1. The second kappa shape index (κ2) is 7.59. The van der Waals surface area contributed by atoms with Gasteiger partial charge >= 0.3 is 6.09 Å². The lowest BCUT2D eigenvalue weighted by Gasteiger charge is -2.26. The SMILES string of the molecule is CC(C)C(CNc1ncc(Br)cn1)NC(=O)OC(C)(C)C. The molecule has 21 heavy (non-hydrogen) atoms. The van der Waals surface area contributed by atoms with Gasteiger partial charge in [-0.15, -0.1) is 0 Å². The molecule has 0 spiro atoms. The van der Waals surface area contributed by atoms with Crippen molar-refractivity contribution in [2.24, 2.45) is 5.92 Å². The summed E-state index contributed by atoms with van der Waals surface area (Å²) in [5.41, 5.74) is -0.506. The van der Waals surface area contributed by atoms with Crippen LogP contribution in [0.4, 0.5) is 10.7 Å². The molecule has 6 nitrogen and oxygen atoms in total. The van der Waals surface area contributed by atoms with E-state index >= 15 is 0 Å². The Morgan fingerprint density at radius 3 is 2.38 bits per heavy atom. The molecule has 2 N–H and O–H groups in total. The van der Waals surface area contributed by atoms with E-state index in [1.54, 1.807) is 12.4 Å².